The van der Waals surface area contributed by atoms with Crippen LogP contribution in [0.4, 0.5) is 10.2 Å². The molecule has 0 spiro atoms. The van der Waals surface area contributed by atoms with Gasteiger partial charge in [0.2, 0.25) is 5.91 Å². The van der Waals surface area contributed by atoms with Crippen LogP contribution < -0.4 is 5.32 Å². The molecule has 0 bridgehead atoms. The average Bonchev–Trinajstić information content (AvgIpc) is 2.46. The van der Waals surface area contributed by atoms with Gasteiger partial charge in [-0.2, -0.15) is 5.10 Å². The molecule has 1 fully saturated rings. The van der Waals surface area contributed by atoms with Gasteiger partial charge >= 0.3 is 0 Å². The lowest BCUT2D eigenvalue weighted by Crippen LogP contribution is -2.57. The van der Waals surface area contributed by atoms with Gasteiger partial charge in [-0.05, 0) is 29.8 Å². The lowest BCUT2D eigenvalue weighted by atomic mass is 10.1. The Bertz CT molecular complexity index is 611. The third kappa shape index (κ3) is 3.34. The van der Waals surface area contributed by atoms with Crippen molar-refractivity contribution in [1.29, 1.82) is 0 Å². The molecule has 0 saturated carbocycles. The number of carbonyl (C=O) groups excluding carboxylic acids is 1. The van der Waals surface area contributed by atoms with Crippen molar-refractivity contribution in [3.63, 3.8) is 0 Å². The molecule has 1 amide bonds. The number of hydrogen-bond donors (Lipinski definition) is 1. The molecule has 1 aliphatic heterocycles. The highest BCUT2D eigenvalue weighted by atomic mass is 19.1. The summed E-state index contributed by atoms with van der Waals surface area (Å²) in [4.78, 5) is 13.8. The summed E-state index contributed by atoms with van der Waals surface area (Å²) in [5, 5.41) is 11.0. The molecule has 108 valence electrons. The highest BCUT2D eigenvalue weighted by Crippen LogP contribution is 2.15. The van der Waals surface area contributed by atoms with E-state index in [1.165, 1.54) is 12.1 Å². The van der Waals surface area contributed by atoms with E-state index in [0.717, 1.165) is 5.56 Å². The second-order valence-corrected chi connectivity index (χ2v) is 5.05. The number of rotatable bonds is 4. The molecule has 2 aromatic rings. The van der Waals surface area contributed by atoms with E-state index < -0.39 is 0 Å². The summed E-state index contributed by atoms with van der Waals surface area (Å²) in [5.41, 5.74) is 0.826. The lowest BCUT2D eigenvalue weighted by molar-refractivity contribution is -0.134. The van der Waals surface area contributed by atoms with Crippen LogP contribution in [0.5, 0.6) is 0 Å². The number of likely N-dealkylation sites (tertiary alicyclic amines) is 1. The van der Waals surface area contributed by atoms with Gasteiger partial charge in [-0.25, -0.2) is 4.39 Å². The lowest BCUT2D eigenvalue weighted by Gasteiger charge is -2.39. The number of nitrogens with one attached hydrogen (secondary N) is 1. The molecule has 1 aromatic heterocycles. The summed E-state index contributed by atoms with van der Waals surface area (Å²) in [6, 6.07) is 9.89. The quantitative estimate of drug-likeness (QED) is 0.925. The Labute approximate surface area is 121 Å². The van der Waals surface area contributed by atoms with Gasteiger partial charge in [0.05, 0.1) is 12.5 Å². The maximum Gasteiger partial charge on any atom is 0.227 e. The van der Waals surface area contributed by atoms with E-state index in [9.17, 15) is 9.18 Å². The van der Waals surface area contributed by atoms with Gasteiger partial charge in [0.25, 0.3) is 0 Å². The summed E-state index contributed by atoms with van der Waals surface area (Å²) in [6.45, 7) is 1.30. The molecule has 1 saturated heterocycles. The van der Waals surface area contributed by atoms with Crippen molar-refractivity contribution in [2.45, 2.75) is 12.5 Å². The van der Waals surface area contributed by atoms with Gasteiger partial charge in [-0.1, -0.05) is 12.1 Å². The first-order valence-electron chi connectivity index (χ1n) is 6.77. The van der Waals surface area contributed by atoms with Gasteiger partial charge in [0.1, 0.15) is 11.6 Å². The van der Waals surface area contributed by atoms with E-state index in [-0.39, 0.29) is 17.8 Å². The van der Waals surface area contributed by atoms with Crippen molar-refractivity contribution in [3.8, 4) is 0 Å². The van der Waals surface area contributed by atoms with Crippen LogP contribution in [0.3, 0.4) is 0 Å². The van der Waals surface area contributed by atoms with Gasteiger partial charge in [0, 0.05) is 19.3 Å². The van der Waals surface area contributed by atoms with Crippen molar-refractivity contribution in [1.82, 2.24) is 15.1 Å². The van der Waals surface area contributed by atoms with Crippen LogP contribution in [0, 0.1) is 5.82 Å². The molecule has 0 radical (unpaired) electrons. The highest BCUT2D eigenvalue weighted by molar-refractivity contribution is 5.79. The molecule has 2 heterocycles. The van der Waals surface area contributed by atoms with E-state index in [0.29, 0.717) is 25.3 Å². The maximum atomic E-state index is 12.8. The first-order chi connectivity index (χ1) is 10.2. The molecule has 6 heteroatoms. The Hall–Kier alpha value is -2.50. The number of anilines is 1. The molecule has 0 aliphatic carbocycles. The normalized spacial score (nSPS) is 14.6. The fourth-order valence-corrected chi connectivity index (χ4v) is 2.25. The summed E-state index contributed by atoms with van der Waals surface area (Å²) in [6.07, 6.45) is 1.92. The second kappa shape index (κ2) is 5.87. The van der Waals surface area contributed by atoms with Crippen LogP contribution >= 0.6 is 0 Å². The molecule has 1 aliphatic rings. The summed E-state index contributed by atoms with van der Waals surface area (Å²) >= 11 is 0. The first kappa shape index (κ1) is 13.5. The minimum absolute atomic E-state index is 0.0544. The Balaban J connectivity index is 1.47. The van der Waals surface area contributed by atoms with E-state index >= 15 is 0 Å². The van der Waals surface area contributed by atoms with Crippen molar-refractivity contribution in [2.24, 2.45) is 0 Å². The molecule has 5 nitrogen and oxygen atoms in total. The number of carbonyl (C=O) groups is 1. The van der Waals surface area contributed by atoms with Gasteiger partial charge in [0.15, 0.2) is 0 Å². The zero-order valence-electron chi connectivity index (χ0n) is 11.4. The van der Waals surface area contributed by atoms with Crippen LogP contribution in [0.2, 0.25) is 0 Å². The molecule has 1 aromatic carbocycles. The summed E-state index contributed by atoms with van der Waals surface area (Å²) in [7, 11) is 0. The van der Waals surface area contributed by atoms with Gasteiger partial charge < -0.3 is 10.2 Å². The zero-order chi connectivity index (χ0) is 14.7. The molecule has 21 heavy (non-hydrogen) atoms. The Morgan fingerprint density at radius 3 is 2.71 bits per heavy atom. The van der Waals surface area contributed by atoms with E-state index in [2.05, 4.69) is 15.5 Å². The Morgan fingerprint density at radius 1 is 1.29 bits per heavy atom. The predicted octanol–water partition coefficient (Wildman–Crippen LogP) is 1.48. The minimum Gasteiger partial charge on any atom is -0.362 e. The van der Waals surface area contributed by atoms with Crippen LogP contribution in [-0.4, -0.2) is 40.1 Å². The number of amides is 1. The van der Waals surface area contributed by atoms with Crippen molar-refractivity contribution in [2.75, 3.05) is 18.4 Å². The summed E-state index contributed by atoms with van der Waals surface area (Å²) < 4.78 is 12.8. The standard InChI is InChI=1S/C15H15FN4O/c16-12-5-3-11(4-6-12)8-15(21)20-9-13(10-20)18-14-2-1-7-17-19-14/h1-7,13H,8-10H2,(H,18,19). The minimum atomic E-state index is -0.289. The average molecular weight is 286 g/mol. The molecule has 0 atom stereocenters. The fraction of sp³-hybridized carbons (Fsp3) is 0.267. The highest BCUT2D eigenvalue weighted by Gasteiger charge is 2.30. The number of benzene rings is 1. The molecular formula is C15H15FN4O. The number of aromatic nitrogens is 2. The molecule has 3 rings (SSSR count). The molecule has 1 N–H and O–H groups in total. The number of hydrogen-bond acceptors (Lipinski definition) is 4. The number of nitrogens with zero attached hydrogens (tertiary/aromatic N) is 3. The SMILES string of the molecule is O=C(Cc1ccc(F)cc1)N1CC(Nc2cccnn2)C1. The van der Waals surface area contributed by atoms with Crippen LogP contribution in [0.15, 0.2) is 42.6 Å². The molecular weight excluding hydrogens is 271 g/mol. The summed E-state index contributed by atoms with van der Waals surface area (Å²) in [5.74, 6) is 0.482. The number of halogens is 1. The van der Waals surface area contributed by atoms with Crippen molar-refractivity contribution < 1.29 is 9.18 Å². The third-order valence-corrected chi connectivity index (χ3v) is 3.43. The van der Waals surface area contributed by atoms with Crippen molar-refractivity contribution in [3.05, 3.63) is 54.0 Å². The third-order valence-electron chi connectivity index (χ3n) is 3.43. The van der Waals surface area contributed by atoms with Crippen LogP contribution in [-0.2, 0) is 11.2 Å². The smallest absolute Gasteiger partial charge is 0.227 e. The predicted molar refractivity (Wildman–Crippen MR) is 76.1 cm³/mol. The zero-order valence-corrected chi connectivity index (χ0v) is 11.4. The first-order valence-corrected chi connectivity index (χ1v) is 6.77. The Morgan fingerprint density at radius 2 is 2.05 bits per heavy atom. The second-order valence-electron chi connectivity index (χ2n) is 5.05. The van der Waals surface area contributed by atoms with Crippen molar-refractivity contribution >= 4 is 11.7 Å². The van der Waals surface area contributed by atoms with E-state index in [1.54, 1.807) is 23.2 Å². The Kier molecular flexibility index (Phi) is 3.77. The van der Waals surface area contributed by atoms with E-state index in [4.69, 9.17) is 0 Å². The topological polar surface area (TPSA) is 58.1 Å². The molecule has 0 unspecified atom stereocenters. The largest absolute Gasteiger partial charge is 0.362 e. The monoisotopic (exact) mass is 286 g/mol. The van der Waals surface area contributed by atoms with Gasteiger partial charge in [-0.3, -0.25) is 4.79 Å². The van der Waals surface area contributed by atoms with Gasteiger partial charge in [-0.15, -0.1) is 5.10 Å². The van der Waals surface area contributed by atoms with E-state index in [1.807, 2.05) is 12.1 Å². The van der Waals surface area contributed by atoms with Crippen LogP contribution in [0.25, 0.3) is 0 Å². The van der Waals surface area contributed by atoms with Crippen LogP contribution in [0.1, 0.15) is 5.56 Å². The maximum absolute atomic E-state index is 12.8. The fourth-order valence-electron chi connectivity index (χ4n) is 2.25.